The molecule has 0 bridgehead atoms. The third-order valence-electron chi connectivity index (χ3n) is 3.40. The van der Waals surface area contributed by atoms with Crippen LogP contribution in [-0.2, 0) is 10.1 Å². The summed E-state index contributed by atoms with van der Waals surface area (Å²) in [6.45, 7) is 2.02. The van der Waals surface area contributed by atoms with Gasteiger partial charge in [0.15, 0.2) is 0 Å². The minimum absolute atomic E-state index is 0.0544. The van der Waals surface area contributed by atoms with Crippen LogP contribution in [0.5, 0.6) is 5.75 Å². The normalized spacial score (nSPS) is 11.9. The molecule has 0 spiro atoms. The van der Waals surface area contributed by atoms with Crippen LogP contribution in [-0.4, -0.2) is 42.5 Å². The third-order valence-corrected chi connectivity index (χ3v) is 4.48. The molecule has 2 aromatic rings. The van der Waals surface area contributed by atoms with Gasteiger partial charge in [-0.15, -0.1) is 5.43 Å². The first-order chi connectivity index (χ1) is 12.7. The number of carbonyl (C=O) groups is 1. The minimum Gasteiger partial charge on any atom is -0.494 e. The second-order valence-electron chi connectivity index (χ2n) is 5.19. The summed E-state index contributed by atoms with van der Waals surface area (Å²) >= 11 is 6.00. The predicted molar refractivity (Wildman–Crippen MR) is 97.7 cm³/mol. The molecule has 0 fully saturated rings. The quantitative estimate of drug-likeness (QED) is 0.274. The van der Waals surface area contributed by atoms with E-state index in [2.05, 4.69) is 10.5 Å². The zero-order valence-corrected chi connectivity index (χ0v) is 16.0. The van der Waals surface area contributed by atoms with Crippen LogP contribution in [0.25, 0.3) is 0 Å². The van der Waals surface area contributed by atoms with Crippen molar-refractivity contribution >= 4 is 39.1 Å². The Morgan fingerprint density at radius 2 is 2.00 bits per heavy atom. The summed E-state index contributed by atoms with van der Waals surface area (Å²) in [7, 11) is -3.10. The maximum atomic E-state index is 11.6. The lowest BCUT2D eigenvalue weighted by atomic mass is 10.2. The topological polar surface area (TPSA) is 128 Å². The van der Waals surface area contributed by atoms with E-state index in [9.17, 15) is 18.3 Å². The van der Waals surface area contributed by atoms with Gasteiger partial charge in [-0.25, -0.2) is 4.79 Å². The van der Waals surface area contributed by atoms with Crippen LogP contribution in [0.15, 0.2) is 46.4 Å². The number of nitrogens with zero attached hydrogens (tertiary/aromatic N) is 2. The third kappa shape index (κ3) is 4.94. The molecule has 3 N–H and O–H groups in total. The van der Waals surface area contributed by atoms with Gasteiger partial charge in [-0.1, -0.05) is 11.6 Å². The van der Waals surface area contributed by atoms with Crippen LogP contribution in [0.3, 0.4) is 0 Å². The van der Waals surface area contributed by atoms with Gasteiger partial charge in [-0.3, -0.25) is 4.55 Å². The van der Waals surface area contributed by atoms with Gasteiger partial charge in [-0.2, -0.15) is 8.42 Å². The largest absolute Gasteiger partial charge is 0.494 e. The number of hydrazine groups is 1. The summed E-state index contributed by atoms with van der Waals surface area (Å²) in [5, 5.41) is 14.1. The number of rotatable bonds is 7. The van der Waals surface area contributed by atoms with Gasteiger partial charge in [0, 0.05) is 15.9 Å². The molecule has 0 aliphatic heterocycles. The van der Waals surface area contributed by atoms with E-state index >= 15 is 0 Å². The average molecular weight is 415 g/mol. The van der Waals surface area contributed by atoms with Crippen molar-refractivity contribution in [3.05, 3.63) is 47.0 Å². The van der Waals surface area contributed by atoms with E-state index in [-0.39, 0.29) is 17.8 Å². The lowest BCUT2D eigenvalue weighted by Crippen LogP contribution is -2.17. The number of hydrogen-bond acceptors (Lipinski definition) is 5. The van der Waals surface area contributed by atoms with E-state index in [1.54, 1.807) is 25.1 Å². The zero-order chi connectivity index (χ0) is 20.2. The first-order valence-corrected chi connectivity index (χ1v) is 9.41. The summed E-state index contributed by atoms with van der Waals surface area (Å²) in [6.07, 6.45) is 0. The SMILES string of the molecule is CCN=[N+](Nc1cc(Cl)ccc1OC)c1ccc(S(=O)(=O)O)cc1C(=O)O. The molecule has 0 atom stereocenters. The Morgan fingerprint density at radius 3 is 2.56 bits per heavy atom. The number of halogens is 1. The van der Waals surface area contributed by atoms with Crippen molar-refractivity contribution < 1.29 is 32.4 Å². The van der Waals surface area contributed by atoms with Crippen molar-refractivity contribution in [3.63, 3.8) is 0 Å². The fraction of sp³-hybridized carbons (Fsp3) is 0.188. The highest BCUT2D eigenvalue weighted by atomic mass is 35.5. The lowest BCUT2D eigenvalue weighted by molar-refractivity contribution is -0.482. The van der Waals surface area contributed by atoms with Crippen LogP contribution in [0.4, 0.5) is 11.4 Å². The average Bonchev–Trinajstić information content (AvgIpc) is 2.60. The maximum Gasteiger partial charge on any atom is 0.342 e. The summed E-state index contributed by atoms with van der Waals surface area (Å²) in [5.41, 5.74) is 2.98. The molecule has 9 nitrogen and oxygen atoms in total. The molecule has 0 saturated carbocycles. The molecule has 11 heteroatoms. The van der Waals surface area contributed by atoms with E-state index in [1.807, 2.05) is 0 Å². The Labute approximate surface area is 160 Å². The number of nitrogens with one attached hydrogen (secondary N) is 1. The monoisotopic (exact) mass is 414 g/mol. The first kappa shape index (κ1) is 20.6. The highest BCUT2D eigenvalue weighted by Crippen LogP contribution is 2.30. The summed E-state index contributed by atoms with van der Waals surface area (Å²) in [4.78, 5) is 12.3. The molecule has 0 amide bonds. The van der Waals surface area contributed by atoms with Crippen molar-refractivity contribution in [2.24, 2.45) is 5.11 Å². The number of azo groups is 1. The lowest BCUT2D eigenvalue weighted by Gasteiger charge is -2.09. The number of ether oxygens (including phenoxy) is 1. The van der Waals surface area contributed by atoms with Gasteiger partial charge in [0.1, 0.15) is 23.5 Å². The van der Waals surface area contributed by atoms with Crippen LogP contribution in [0.1, 0.15) is 17.3 Å². The first-order valence-electron chi connectivity index (χ1n) is 7.60. The number of benzene rings is 2. The van der Waals surface area contributed by atoms with Gasteiger partial charge < -0.3 is 9.84 Å². The summed E-state index contributed by atoms with van der Waals surface area (Å²) in [5.74, 6) is -0.964. The van der Waals surface area contributed by atoms with Crippen molar-refractivity contribution in [3.8, 4) is 5.75 Å². The number of carboxylic acid groups (broad SMARTS) is 1. The molecule has 0 aliphatic rings. The molecule has 0 radical (unpaired) electrons. The van der Waals surface area contributed by atoms with E-state index in [0.29, 0.717) is 16.5 Å². The number of methoxy groups -OCH3 is 1. The van der Waals surface area contributed by atoms with E-state index in [0.717, 1.165) is 12.1 Å². The van der Waals surface area contributed by atoms with Gasteiger partial charge in [0.25, 0.3) is 15.8 Å². The van der Waals surface area contributed by atoms with Gasteiger partial charge in [-0.05, 0) is 42.4 Å². The Bertz CT molecular complexity index is 1010. The summed E-state index contributed by atoms with van der Waals surface area (Å²) < 4.78 is 37.0. The van der Waals surface area contributed by atoms with E-state index in [1.165, 1.54) is 18.0 Å². The highest BCUT2D eigenvalue weighted by Gasteiger charge is 2.26. The van der Waals surface area contributed by atoms with Crippen LogP contribution >= 0.6 is 11.6 Å². The summed E-state index contributed by atoms with van der Waals surface area (Å²) in [6, 6.07) is 7.94. The number of carboxylic acids is 1. The van der Waals surface area contributed by atoms with Crippen molar-refractivity contribution in [1.82, 2.24) is 0 Å². The molecule has 0 aromatic heterocycles. The van der Waals surface area contributed by atoms with Crippen LogP contribution < -0.4 is 10.2 Å². The second-order valence-corrected chi connectivity index (χ2v) is 7.04. The van der Waals surface area contributed by atoms with Crippen LogP contribution in [0.2, 0.25) is 5.02 Å². The second kappa shape index (κ2) is 8.33. The van der Waals surface area contributed by atoms with Gasteiger partial charge in [0.05, 0.1) is 12.0 Å². The molecule has 0 unspecified atom stereocenters. The molecule has 2 rings (SSSR count). The smallest absolute Gasteiger partial charge is 0.342 e. The number of anilines is 1. The molecule has 0 saturated heterocycles. The number of hydrogen-bond donors (Lipinski definition) is 3. The standard InChI is InChI=1S/C16H16ClN3O6S/c1-3-18-20(19-13-8-10(17)4-7-15(13)26-2)14-6-5-11(27(23,24)25)9-12(14)16(21)22/h4-9H,3H2,1-2H3,(H2-,18,19,21,22,23,24,25)/p+1. The highest BCUT2D eigenvalue weighted by molar-refractivity contribution is 7.85. The Kier molecular flexibility index (Phi) is 6.37. The van der Waals surface area contributed by atoms with Crippen LogP contribution in [0, 0.1) is 0 Å². The predicted octanol–water partition coefficient (Wildman–Crippen LogP) is 3.44. The van der Waals surface area contributed by atoms with Crippen molar-refractivity contribution in [2.45, 2.75) is 11.8 Å². The maximum absolute atomic E-state index is 11.6. The molecule has 27 heavy (non-hydrogen) atoms. The van der Waals surface area contributed by atoms with Crippen molar-refractivity contribution in [2.75, 3.05) is 19.1 Å². The zero-order valence-electron chi connectivity index (χ0n) is 14.4. The Hall–Kier alpha value is -2.69. The van der Waals surface area contributed by atoms with E-state index < -0.39 is 21.0 Å². The Morgan fingerprint density at radius 1 is 1.30 bits per heavy atom. The molecule has 2 aromatic carbocycles. The van der Waals surface area contributed by atoms with Crippen molar-refractivity contribution in [1.29, 1.82) is 0 Å². The van der Waals surface area contributed by atoms with Gasteiger partial charge >= 0.3 is 5.97 Å². The molecule has 144 valence electrons. The molecular formula is C16H17ClN3O6S+. The Balaban J connectivity index is 2.60. The molecule has 0 aliphatic carbocycles. The fourth-order valence-electron chi connectivity index (χ4n) is 2.23. The molecule has 0 heterocycles. The van der Waals surface area contributed by atoms with E-state index in [4.69, 9.17) is 20.9 Å². The fourth-order valence-corrected chi connectivity index (χ4v) is 2.91. The molecular weight excluding hydrogens is 398 g/mol. The number of aromatic carboxylic acids is 1. The minimum atomic E-state index is -4.56. The van der Waals surface area contributed by atoms with Gasteiger partial charge in [0.2, 0.25) is 0 Å².